The number of piperidine rings is 1. The molecule has 1 aromatic rings. The van der Waals surface area contributed by atoms with E-state index < -0.39 is 0 Å². The van der Waals surface area contributed by atoms with Crippen LogP contribution < -0.4 is 10.6 Å². The van der Waals surface area contributed by atoms with Gasteiger partial charge in [0.15, 0.2) is 0 Å². The molecule has 1 fully saturated rings. The fraction of sp³-hybridized carbons (Fsp3) is 0.455. The van der Waals surface area contributed by atoms with Crippen LogP contribution in [0.3, 0.4) is 0 Å². The molecule has 1 aliphatic rings. The second-order valence-electron chi connectivity index (χ2n) is 3.79. The van der Waals surface area contributed by atoms with Crippen molar-refractivity contribution in [3.05, 3.63) is 29.3 Å². The summed E-state index contributed by atoms with van der Waals surface area (Å²) in [5.74, 6) is 0. The molecule has 0 unspecified atom stereocenters. The summed E-state index contributed by atoms with van der Waals surface area (Å²) in [5.41, 5.74) is 1.18. The Labute approximate surface area is 89.7 Å². The number of hydrogen-bond donors (Lipinski definition) is 2. The van der Waals surface area contributed by atoms with Gasteiger partial charge in [-0.3, -0.25) is 0 Å². The molecule has 0 aliphatic carbocycles. The van der Waals surface area contributed by atoms with Gasteiger partial charge in [-0.25, -0.2) is 0 Å². The Morgan fingerprint density at radius 1 is 1.14 bits per heavy atom. The minimum absolute atomic E-state index is 0.640. The molecule has 2 nitrogen and oxygen atoms in total. The third kappa shape index (κ3) is 2.63. The number of rotatable bonds is 2. The molecule has 0 aromatic heterocycles. The van der Waals surface area contributed by atoms with Crippen LogP contribution >= 0.6 is 11.6 Å². The van der Waals surface area contributed by atoms with Gasteiger partial charge >= 0.3 is 0 Å². The van der Waals surface area contributed by atoms with Gasteiger partial charge in [0.1, 0.15) is 0 Å². The maximum atomic E-state index is 5.82. The van der Waals surface area contributed by atoms with E-state index in [0.717, 1.165) is 5.02 Å². The minimum atomic E-state index is 0.640. The molecule has 0 atom stereocenters. The summed E-state index contributed by atoms with van der Waals surface area (Å²) in [6.45, 7) is 2.48. The molecule has 1 aromatic carbocycles. The molecule has 2 rings (SSSR count). The van der Waals surface area contributed by atoms with Crippen LogP contribution in [0.1, 0.15) is 12.8 Å². The van der Waals surface area contributed by atoms with E-state index in [4.69, 9.17) is 11.6 Å². The molecular formula is C11H16ClN2+. The van der Waals surface area contributed by atoms with Crippen molar-refractivity contribution < 1.29 is 5.32 Å². The van der Waals surface area contributed by atoms with Gasteiger partial charge in [-0.05, 0) is 24.3 Å². The van der Waals surface area contributed by atoms with Crippen molar-refractivity contribution in [2.24, 2.45) is 0 Å². The molecule has 76 valence electrons. The number of anilines is 1. The second-order valence-corrected chi connectivity index (χ2v) is 4.23. The lowest BCUT2D eigenvalue weighted by molar-refractivity contribution is -0.662. The van der Waals surface area contributed by atoms with Crippen LogP contribution in [0.25, 0.3) is 0 Å². The normalized spacial score (nSPS) is 18.1. The Morgan fingerprint density at radius 2 is 1.79 bits per heavy atom. The highest BCUT2D eigenvalue weighted by Gasteiger charge is 2.14. The van der Waals surface area contributed by atoms with Crippen molar-refractivity contribution in [2.75, 3.05) is 18.4 Å². The van der Waals surface area contributed by atoms with E-state index in [1.54, 1.807) is 0 Å². The fourth-order valence-electron chi connectivity index (χ4n) is 1.85. The molecule has 1 aliphatic heterocycles. The van der Waals surface area contributed by atoms with Gasteiger partial charge in [-0.1, -0.05) is 11.6 Å². The predicted molar refractivity (Wildman–Crippen MR) is 59.8 cm³/mol. The lowest BCUT2D eigenvalue weighted by Gasteiger charge is -2.22. The van der Waals surface area contributed by atoms with Gasteiger partial charge < -0.3 is 10.6 Å². The lowest BCUT2D eigenvalue weighted by atomic mass is 10.1. The highest BCUT2D eigenvalue weighted by atomic mass is 35.5. The summed E-state index contributed by atoms with van der Waals surface area (Å²) in [7, 11) is 0. The predicted octanol–water partition coefficient (Wildman–Crippen LogP) is 1.48. The largest absolute Gasteiger partial charge is 0.382 e. The van der Waals surface area contributed by atoms with Crippen LogP contribution in [-0.2, 0) is 0 Å². The number of benzene rings is 1. The van der Waals surface area contributed by atoms with Gasteiger partial charge in [0.05, 0.1) is 13.1 Å². The summed E-state index contributed by atoms with van der Waals surface area (Å²) in [4.78, 5) is 0. The van der Waals surface area contributed by atoms with E-state index in [1.165, 1.54) is 31.6 Å². The van der Waals surface area contributed by atoms with Crippen molar-refractivity contribution in [3.63, 3.8) is 0 Å². The summed E-state index contributed by atoms with van der Waals surface area (Å²) in [6.07, 6.45) is 2.51. The van der Waals surface area contributed by atoms with Crippen molar-refractivity contribution in [1.82, 2.24) is 0 Å². The van der Waals surface area contributed by atoms with Gasteiger partial charge in [0, 0.05) is 29.6 Å². The summed E-state index contributed by atoms with van der Waals surface area (Å²) >= 11 is 5.82. The number of hydrogen-bond acceptors (Lipinski definition) is 1. The standard InChI is InChI=1S/C11H15ClN2/c12-9-1-3-10(4-2-9)14-11-5-7-13-8-6-11/h1-4,11,13-14H,5-8H2/p+1. The minimum Gasteiger partial charge on any atom is -0.382 e. The van der Waals surface area contributed by atoms with E-state index in [9.17, 15) is 0 Å². The zero-order chi connectivity index (χ0) is 9.80. The van der Waals surface area contributed by atoms with Crippen LogP contribution in [0.4, 0.5) is 5.69 Å². The summed E-state index contributed by atoms with van der Waals surface area (Å²) < 4.78 is 0. The van der Waals surface area contributed by atoms with Gasteiger partial charge in [-0.2, -0.15) is 0 Å². The van der Waals surface area contributed by atoms with E-state index in [-0.39, 0.29) is 0 Å². The average molecular weight is 212 g/mol. The molecule has 0 radical (unpaired) electrons. The SMILES string of the molecule is Clc1ccc(NC2CC[NH2+]CC2)cc1. The first kappa shape index (κ1) is 9.81. The Kier molecular flexibility index (Phi) is 3.27. The van der Waals surface area contributed by atoms with Crippen LogP contribution in [0, 0.1) is 0 Å². The Balaban J connectivity index is 1.92. The van der Waals surface area contributed by atoms with E-state index in [1.807, 2.05) is 24.3 Å². The van der Waals surface area contributed by atoms with Gasteiger partial charge in [-0.15, -0.1) is 0 Å². The van der Waals surface area contributed by atoms with Crippen LogP contribution in [0.5, 0.6) is 0 Å². The molecule has 0 amide bonds. The van der Waals surface area contributed by atoms with Crippen molar-refractivity contribution in [3.8, 4) is 0 Å². The molecule has 3 N–H and O–H groups in total. The van der Waals surface area contributed by atoms with Crippen molar-refractivity contribution in [2.45, 2.75) is 18.9 Å². The van der Waals surface area contributed by atoms with Crippen LogP contribution in [0.15, 0.2) is 24.3 Å². The molecule has 0 saturated carbocycles. The first-order valence-electron chi connectivity index (χ1n) is 5.18. The Hall–Kier alpha value is -0.730. The summed E-state index contributed by atoms with van der Waals surface area (Å²) in [5, 5.41) is 6.70. The number of nitrogens with one attached hydrogen (secondary N) is 1. The van der Waals surface area contributed by atoms with Crippen LogP contribution in [-0.4, -0.2) is 19.1 Å². The zero-order valence-corrected chi connectivity index (χ0v) is 8.93. The third-order valence-corrected chi connectivity index (χ3v) is 2.91. The molecular weight excluding hydrogens is 196 g/mol. The smallest absolute Gasteiger partial charge is 0.0775 e. The molecule has 14 heavy (non-hydrogen) atoms. The lowest BCUT2D eigenvalue weighted by Crippen LogP contribution is -2.87. The van der Waals surface area contributed by atoms with E-state index >= 15 is 0 Å². The van der Waals surface area contributed by atoms with E-state index in [2.05, 4.69) is 10.6 Å². The zero-order valence-electron chi connectivity index (χ0n) is 8.17. The molecule has 3 heteroatoms. The Morgan fingerprint density at radius 3 is 2.43 bits per heavy atom. The number of quaternary nitrogens is 1. The highest BCUT2D eigenvalue weighted by Crippen LogP contribution is 2.15. The van der Waals surface area contributed by atoms with E-state index in [0.29, 0.717) is 6.04 Å². The fourth-order valence-corrected chi connectivity index (χ4v) is 1.98. The molecule has 1 heterocycles. The second kappa shape index (κ2) is 4.67. The van der Waals surface area contributed by atoms with Crippen LogP contribution in [0.2, 0.25) is 5.02 Å². The van der Waals surface area contributed by atoms with Crippen molar-refractivity contribution >= 4 is 17.3 Å². The number of halogens is 1. The summed E-state index contributed by atoms with van der Waals surface area (Å²) in [6, 6.07) is 8.58. The number of nitrogens with two attached hydrogens (primary N) is 1. The topological polar surface area (TPSA) is 28.6 Å². The first-order valence-corrected chi connectivity index (χ1v) is 5.56. The highest BCUT2D eigenvalue weighted by molar-refractivity contribution is 6.30. The van der Waals surface area contributed by atoms with Gasteiger partial charge in [0.2, 0.25) is 0 Å². The maximum absolute atomic E-state index is 5.82. The average Bonchev–Trinajstić information content (AvgIpc) is 2.23. The van der Waals surface area contributed by atoms with Crippen molar-refractivity contribution in [1.29, 1.82) is 0 Å². The quantitative estimate of drug-likeness (QED) is 0.763. The maximum Gasteiger partial charge on any atom is 0.0775 e. The first-order chi connectivity index (χ1) is 6.84. The molecule has 0 spiro atoms. The molecule has 1 saturated heterocycles. The monoisotopic (exact) mass is 211 g/mol. The Bertz CT molecular complexity index is 278. The third-order valence-electron chi connectivity index (χ3n) is 2.65. The molecule has 0 bridgehead atoms. The van der Waals surface area contributed by atoms with Gasteiger partial charge in [0.25, 0.3) is 0 Å².